The first-order valence-corrected chi connectivity index (χ1v) is 7.63. The van der Waals surface area contributed by atoms with E-state index in [1.807, 2.05) is 13.8 Å². The maximum absolute atomic E-state index is 12.0. The molecule has 1 saturated carbocycles. The number of halogens is 1. The first kappa shape index (κ1) is 14.5. The van der Waals surface area contributed by atoms with Crippen LogP contribution in [-0.2, 0) is 0 Å². The highest BCUT2D eigenvalue weighted by atomic mass is 79.9. The van der Waals surface area contributed by atoms with Crippen molar-refractivity contribution in [2.75, 3.05) is 18.4 Å². The highest BCUT2D eigenvalue weighted by Crippen LogP contribution is 2.19. The SMILES string of the molecule is CC(C)n1ncc(NCCCNC2CC2)c(Br)c1=O. The van der Waals surface area contributed by atoms with Crippen molar-refractivity contribution in [2.45, 2.75) is 45.2 Å². The summed E-state index contributed by atoms with van der Waals surface area (Å²) in [6.45, 7) is 5.74. The van der Waals surface area contributed by atoms with Crippen LogP contribution in [0.5, 0.6) is 0 Å². The Hall–Kier alpha value is -0.880. The van der Waals surface area contributed by atoms with Crippen molar-refractivity contribution in [1.29, 1.82) is 0 Å². The zero-order chi connectivity index (χ0) is 13.8. The van der Waals surface area contributed by atoms with Crippen LogP contribution in [0.1, 0.15) is 39.2 Å². The van der Waals surface area contributed by atoms with E-state index in [0.717, 1.165) is 31.2 Å². The molecule has 0 spiro atoms. The van der Waals surface area contributed by atoms with Crippen molar-refractivity contribution in [2.24, 2.45) is 0 Å². The van der Waals surface area contributed by atoms with Crippen molar-refractivity contribution in [3.05, 3.63) is 21.0 Å². The van der Waals surface area contributed by atoms with Crippen molar-refractivity contribution in [3.8, 4) is 0 Å². The van der Waals surface area contributed by atoms with E-state index in [9.17, 15) is 4.79 Å². The molecule has 0 amide bonds. The van der Waals surface area contributed by atoms with Gasteiger partial charge in [0, 0.05) is 12.6 Å². The minimum atomic E-state index is -0.0869. The van der Waals surface area contributed by atoms with Crippen LogP contribution >= 0.6 is 15.9 Å². The molecule has 1 heterocycles. The highest BCUT2D eigenvalue weighted by Gasteiger charge is 2.19. The lowest BCUT2D eigenvalue weighted by Gasteiger charge is -2.12. The molecule has 1 aliphatic carbocycles. The van der Waals surface area contributed by atoms with Gasteiger partial charge in [-0.1, -0.05) is 0 Å². The van der Waals surface area contributed by atoms with Crippen LogP contribution in [0, 0.1) is 0 Å². The molecule has 2 rings (SSSR count). The smallest absolute Gasteiger partial charge is 0.283 e. The summed E-state index contributed by atoms with van der Waals surface area (Å²) in [4.78, 5) is 12.0. The Kier molecular flexibility index (Phi) is 4.99. The average molecular weight is 329 g/mol. The van der Waals surface area contributed by atoms with Crippen LogP contribution in [-0.4, -0.2) is 28.9 Å². The van der Waals surface area contributed by atoms with Crippen molar-refractivity contribution < 1.29 is 0 Å². The van der Waals surface area contributed by atoms with Gasteiger partial charge < -0.3 is 10.6 Å². The molecular formula is C13H21BrN4O. The zero-order valence-electron chi connectivity index (χ0n) is 11.4. The molecule has 6 heteroatoms. The van der Waals surface area contributed by atoms with Gasteiger partial charge in [-0.15, -0.1) is 0 Å². The topological polar surface area (TPSA) is 59.0 Å². The molecule has 2 N–H and O–H groups in total. The molecule has 0 saturated heterocycles. The molecule has 106 valence electrons. The first-order chi connectivity index (χ1) is 9.09. The molecule has 0 unspecified atom stereocenters. The van der Waals surface area contributed by atoms with Gasteiger partial charge in [-0.25, -0.2) is 4.68 Å². The summed E-state index contributed by atoms with van der Waals surface area (Å²) in [7, 11) is 0. The van der Waals surface area contributed by atoms with E-state index in [-0.39, 0.29) is 11.6 Å². The lowest BCUT2D eigenvalue weighted by Crippen LogP contribution is -2.26. The zero-order valence-corrected chi connectivity index (χ0v) is 13.0. The van der Waals surface area contributed by atoms with Gasteiger partial charge in [0.05, 0.1) is 17.9 Å². The van der Waals surface area contributed by atoms with Gasteiger partial charge >= 0.3 is 0 Å². The maximum Gasteiger partial charge on any atom is 0.283 e. The Morgan fingerprint density at radius 3 is 2.84 bits per heavy atom. The summed E-state index contributed by atoms with van der Waals surface area (Å²) in [5.74, 6) is 0. The summed E-state index contributed by atoms with van der Waals surface area (Å²) >= 11 is 3.35. The van der Waals surface area contributed by atoms with E-state index in [0.29, 0.717) is 4.47 Å². The molecule has 1 aliphatic rings. The van der Waals surface area contributed by atoms with Crippen LogP contribution in [0.4, 0.5) is 5.69 Å². The molecule has 1 fully saturated rings. The van der Waals surface area contributed by atoms with E-state index < -0.39 is 0 Å². The van der Waals surface area contributed by atoms with Crippen molar-refractivity contribution in [3.63, 3.8) is 0 Å². The number of rotatable bonds is 7. The maximum atomic E-state index is 12.0. The average Bonchev–Trinajstić information content (AvgIpc) is 3.17. The molecular weight excluding hydrogens is 308 g/mol. The molecule has 1 aromatic rings. The van der Waals surface area contributed by atoms with Gasteiger partial charge in [-0.2, -0.15) is 5.10 Å². The van der Waals surface area contributed by atoms with E-state index in [4.69, 9.17) is 0 Å². The lowest BCUT2D eigenvalue weighted by atomic mass is 10.3. The fourth-order valence-corrected chi connectivity index (χ4v) is 2.27. The van der Waals surface area contributed by atoms with Gasteiger partial charge in [0.15, 0.2) is 0 Å². The highest BCUT2D eigenvalue weighted by molar-refractivity contribution is 9.10. The Morgan fingerprint density at radius 2 is 2.21 bits per heavy atom. The molecule has 0 atom stereocenters. The largest absolute Gasteiger partial charge is 0.383 e. The summed E-state index contributed by atoms with van der Waals surface area (Å²) in [5.41, 5.74) is 0.685. The molecule has 5 nitrogen and oxygen atoms in total. The number of aromatic nitrogens is 2. The van der Waals surface area contributed by atoms with Crippen LogP contribution < -0.4 is 16.2 Å². The quantitative estimate of drug-likeness (QED) is 0.753. The number of nitrogens with zero attached hydrogens (tertiary/aromatic N) is 2. The van der Waals surface area contributed by atoms with Gasteiger partial charge in [0.2, 0.25) is 0 Å². The molecule has 19 heavy (non-hydrogen) atoms. The molecule has 0 aliphatic heterocycles. The van der Waals surface area contributed by atoms with Gasteiger partial charge in [0.25, 0.3) is 5.56 Å². The third kappa shape index (κ3) is 4.04. The normalized spacial score (nSPS) is 14.9. The number of hydrogen-bond donors (Lipinski definition) is 2. The molecule has 0 radical (unpaired) electrons. The number of hydrogen-bond acceptors (Lipinski definition) is 4. The van der Waals surface area contributed by atoms with Gasteiger partial charge in [-0.05, 0) is 55.6 Å². The van der Waals surface area contributed by atoms with Crippen LogP contribution in [0.3, 0.4) is 0 Å². The summed E-state index contributed by atoms with van der Waals surface area (Å²) < 4.78 is 2.04. The first-order valence-electron chi connectivity index (χ1n) is 6.84. The second-order valence-corrected chi connectivity index (χ2v) is 6.02. The Morgan fingerprint density at radius 1 is 1.47 bits per heavy atom. The minimum absolute atomic E-state index is 0.0700. The fourth-order valence-electron chi connectivity index (χ4n) is 1.84. The van der Waals surface area contributed by atoms with Crippen LogP contribution in [0.2, 0.25) is 0 Å². The molecule has 0 bridgehead atoms. The van der Waals surface area contributed by atoms with Crippen molar-refractivity contribution in [1.82, 2.24) is 15.1 Å². The van der Waals surface area contributed by atoms with E-state index in [1.54, 1.807) is 6.20 Å². The van der Waals surface area contributed by atoms with Crippen LogP contribution in [0.15, 0.2) is 15.5 Å². The van der Waals surface area contributed by atoms with Crippen LogP contribution in [0.25, 0.3) is 0 Å². The Balaban J connectivity index is 1.85. The standard InChI is InChI=1S/C13H21BrN4O/c1-9(2)18-13(19)12(14)11(8-17-18)16-7-3-6-15-10-4-5-10/h8-10,15-16H,3-7H2,1-2H3. The second-order valence-electron chi connectivity index (χ2n) is 5.22. The Bertz CT molecular complexity index is 482. The van der Waals surface area contributed by atoms with E-state index >= 15 is 0 Å². The number of nitrogens with one attached hydrogen (secondary N) is 2. The molecule has 0 aromatic carbocycles. The summed E-state index contributed by atoms with van der Waals surface area (Å²) in [5, 5.41) is 10.9. The van der Waals surface area contributed by atoms with Gasteiger partial charge in [0.1, 0.15) is 4.47 Å². The summed E-state index contributed by atoms with van der Waals surface area (Å²) in [6, 6.07) is 0.823. The Labute approximate surface area is 121 Å². The second kappa shape index (κ2) is 6.52. The lowest BCUT2D eigenvalue weighted by molar-refractivity contribution is 0.501. The van der Waals surface area contributed by atoms with E-state index in [2.05, 4.69) is 31.7 Å². The minimum Gasteiger partial charge on any atom is -0.383 e. The summed E-state index contributed by atoms with van der Waals surface area (Å²) in [6.07, 6.45) is 5.38. The van der Waals surface area contributed by atoms with E-state index in [1.165, 1.54) is 17.5 Å². The van der Waals surface area contributed by atoms with Gasteiger partial charge in [-0.3, -0.25) is 4.79 Å². The third-order valence-electron chi connectivity index (χ3n) is 3.11. The monoisotopic (exact) mass is 328 g/mol. The third-order valence-corrected chi connectivity index (χ3v) is 3.88. The van der Waals surface area contributed by atoms with Crippen molar-refractivity contribution >= 4 is 21.6 Å². The fraction of sp³-hybridized carbons (Fsp3) is 0.692. The predicted molar refractivity (Wildman–Crippen MR) is 80.7 cm³/mol. The molecule has 1 aromatic heterocycles. The predicted octanol–water partition coefficient (Wildman–Crippen LogP) is 2.14. The number of anilines is 1.